The first kappa shape index (κ1) is 17.4. The van der Waals surface area contributed by atoms with E-state index in [1.54, 1.807) is 12.1 Å². The topological polar surface area (TPSA) is 93.9 Å². The molecule has 0 bridgehead atoms. The van der Waals surface area contributed by atoms with Crippen LogP contribution < -0.4 is 10.1 Å². The highest BCUT2D eigenvalue weighted by molar-refractivity contribution is 5.48. The molecule has 0 aliphatic rings. The van der Waals surface area contributed by atoms with E-state index in [1.165, 1.54) is 6.07 Å². The molecule has 0 amide bonds. The Morgan fingerprint density at radius 3 is 2.76 bits per heavy atom. The summed E-state index contributed by atoms with van der Waals surface area (Å²) in [6.07, 6.45) is -0.814. The van der Waals surface area contributed by atoms with Crippen LogP contribution in [0, 0.1) is 10.1 Å². The summed E-state index contributed by atoms with van der Waals surface area (Å²) in [6.45, 7) is 5.72. The van der Waals surface area contributed by atoms with Crippen molar-refractivity contribution in [2.24, 2.45) is 0 Å². The number of nitro benzene ring substituents is 1. The molecule has 0 fully saturated rings. The molecule has 0 spiro atoms. The molecule has 0 radical (unpaired) electrons. The third-order valence-electron chi connectivity index (χ3n) is 2.74. The molecule has 1 atom stereocenters. The van der Waals surface area contributed by atoms with Crippen molar-refractivity contribution in [1.29, 1.82) is 0 Å². The van der Waals surface area contributed by atoms with Crippen LogP contribution in [0.25, 0.3) is 0 Å². The number of benzene rings is 1. The van der Waals surface area contributed by atoms with Gasteiger partial charge >= 0.3 is 5.69 Å². The highest BCUT2D eigenvalue weighted by atomic mass is 16.6. The Morgan fingerprint density at radius 2 is 2.14 bits per heavy atom. The summed E-state index contributed by atoms with van der Waals surface area (Å²) in [5.41, 5.74) is 0.708. The minimum absolute atomic E-state index is 0.0482. The summed E-state index contributed by atoms with van der Waals surface area (Å²) in [5, 5.41) is 23.8. The number of hydrogen-bond donors (Lipinski definition) is 2. The van der Waals surface area contributed by atoms with Crippen LogP contribution in [0.4, 0.5) is 5.69 Å². The molecule has 0 aliphatic carbocycles. The molecule has 0 aromatic heterocycles. The molecular formula is C14H22N2O5. The normalized spacial score (nSPS) is 12.1. The Bertz CT molecular complexity index is 453. The lowest BCUT2D eigenvalue weighted by atomic mass is 10.2. The Labute approximate surface area is 124 Å². The molecule has 1 aromatic carbocycles. The molecule has 1 rings (SSSR count). The Kier molecular flexibility index (Phi) is 7.66. The molecule has 7 heteroatoms. The van der Waals surface area contributed by atoms with Gasteiger partial charge in [0.15, 0.2) is 5.75 Å². The maximum absolute atomic E-state index is 11.1. The minimum Gasteiger partial charge on any atom is -0.484 e. The van der Waals surface area contributed by atoms with Gasteiger partial charge in [-0.05, 0) is 25.1 Å². The average molecular weight is 298 g/mol. The molecular weight excluding hydrogens is 276 g/mol. The number of nitrogens with one attached hydrogen (secondary N) is 1. The summed E-state index contributed by atoms with van der Waals surface area (Å²) < 4.78 is 10.4. The van der Waals surface area contributed by atoms with Gasteiger partial charge in [0.25, 0.3) is 0 Å². The van der Waals surface area contributed by atoms with Crippen molar-refractivity contribution >= 4 is 5.69 Å². The van der Waals surface area contributed by atoms with Crippen LogP contribution in [-0.4, -0.2) is 42.5 Å². The standard InChI is InChI=1S/C14H22N2O5/c1-3-15-8-11-5-6-14(13(7-11)16(18)19)21-10-12(17)9-20-4-2/h5-7,12,15,17H,3-4,8-10H2,1-2H3. The van der Waals surface area contributed by atoms with Gasteiger partial charge in [-0.1, -0.05) is 13.0 Å². The predicted molar refractivity (Wildman–Crippen MR) is 78.5 cm³/mol. The molecule has 7 nitrogen and oxygen atoms in total. The van der Waals surface area contributed by atoms with Gasteiger partial charge in [-0.25, -0.2) is 0 Å². The number of nitro groups is 1. The van der Waals surface area contributed by atoms with Crippen LogP contribution in [0.1, 0.15) is 19.4 Å². The largest absolute Gasteiger partial charge is 0.484 e. The van der Waals surface area contributed by atoms with E-state index in [4.69, 9.17) is 9.47 Å². The van der Waals surface area contributed by atoms with Gasteiger partial charge in [-0.3, -0.25) is 10.1 Å². The maximum Gasteiger partial charge on any atom is 0.311 e. The van der Waals surface area contributed by atoms with Crippen LogP contribution in [0.15, 0.2) is 18.2 Å². The number of aliphatic hydroxyl groups is 1. The molecule has 0 aliphatic heterocycles. The summed E-state index contributed by atoms with van der Waals surface area (Å²) in [4.78, 5) is 10.6. The summed E-state index contributed by atoms with van der Waals surface area (Å²) in [6, 6.07) is 4.80. The minimum atomic E-state index is -0.814. The molecule has 0 saturated carbocycles. The monoisotopic (exact) mass is 298 g/mol. The lowest BCUT2D eigenvalue weighted by Crippen LogP contribution is -2.23. The lowest BCUT2D eigenvalue weighted by Gasteiger charge is -2.13. The first-order valence-electron chi connectivity index (χ1n) is 6.95. The zero-order chi connectivity index (χ0) is 15.7. The van der Waals surface area contributed by atoms with E-state index in [2.05, 4.69) is 5.32 Å². The number of aliphatic hydroxyl groups excluding tert-OH is 1. The van der Waals surface area contributed by atoms with Crippen LogP contribution in [0.3, 0.4) is 0 Å². The highest BCUT2D eigenvalue weighted by Crippen LogP contribution is 2.28. The second-order valence-electron chi connectivity index (χ2n) is 4.46. The van der Waals surface area contributed by atoms with Crippen LogP contribution in [0.5, 0.6) is 5.75 Å². The second kappa shape index (κ2) is 9.28. The van der Waals surface area contributed by atoms with E-state index in [0.29, 0.717) is 13.2 Å². The van der Waals surface area contributed by atoms with E-state index in [0.717, 1.165) is 12.1 Å². The van der Waals surface area contributed by atoms with Gasteiger partial charge in [-0.2, -0.15) is 0 Å². The van der Waals surface area contributed by atoms with Gasteiger partial charge in [0, 0.05) is 19.2 Å². The summed E-state index contributed by atoms with van der Waals surface area (Å²) in [5.74, 6) is 0.149. The third-order valence-corrected chi connectivity index (χ3v) is 2.74. The predicted octanol–water partition coefficient (Wildman–Crippen LogP) is 1.48. The van der Waals surface area contributed by atoms with Crippen molar-refractivity contribution in [3.8, 4) is 5.75 Å². The van der Waals surface area contributed by atoms with Crippen LogP contribution >= 0.6 is 0 Å². The zero-order valence-electron chi connectivity index (χ0n) is 12.4. The van der Waals surface area contributed by atoms with Gasteiger partial charge in [-0.15, -0.1) is 0 Å². The molecule has 1 unspecified atom stereocenters. The number of ether oxygens (including phenoxy) is 2. The van der Waals surface area contributed by atoms with Crippen molar-refractivity contribution in [1.82, 2.24) is 5.32 Å². The van der Waals surface area contributed by atoms with Crippen LogP contribution in [-0.2, 0) is 11.3 Å². The fourth-order valence-electron chi connectivity index (χ4n) is 1.69. The SMILES string of the molecule is CCNCc1ccc(OCC(O)COCC)c([N+](=O)[O-])c1. The van der Waals surface area contributed by atoms with Crippen molar-refractivity contribution in [3.63, 3.8) is 0 Å². The van der Waals surface area contributed by atoms with Crippen LogP contribution in [0.2, 0.25) is 0 Å². The van der Waals surface area contributed by atoms with Crippen molar-refractivity contribution < 1.29 is 19.5 Å². The number of hydrogen-bond acceptors (Lipinski definition) is 6. The van der Waals surface area contributed by atoms with E-state index in [1.807, 2.05) is 13.8 Å². The first-order valence-corrected chi connectivity index (χ1v) is 6.95. The Hall–Kier alpha value is -1.70. The fraction of sp³-hybridized carbons (Fsp3) is 0.571. The van der Waals surface area contributed by atoms with E-state index in [-0.39, 0.29) is 24.7 Å². The average Bonchev–Trinajstić information content (AvgIpc) is 2.48. The van der Waals surface area contributed by atoms with Crippen molar-refractivity contribution in [3.05, 3.63) is 33.9 Å². The van der Waals surface area contributed by atoms with E-state index < -0.39 is 11.0 Å². The molecule has 1 aromatic rings. The quantitative estimate of drug-likeness (QED) is 0.502. The Balaban J connectivity index is 2.70. The Morgan fingerprint density at radius 1 is 1.38 bits per heavy atom. The van der Waals surface area contributed by atoms with Gasteiger partial charge in [0.2, 0.25) is 0 Å². The fourth-order valence-corrected chi connectivity index (χ4v) is 1.69. The second-order valence-corrected chi connectivity index (χ2v) is 4.46. The van der Waals surface area contributed by atoms with Crippen molar-refractivity contribution in [2.45, 2.75) is 26.5 Å². The zero-order valence-corrected chi connectivity index (χ0v) is 12.4. The maximum atomic E-state index is 11.1. The summed E-state index contributed by atoms with van der Waals surface area (Å²) >= 11 is 0. The first-order chi connectivity index (χ1) is 10.1. The number of nitrogens with zero attached hydrogens (tertiary/aromatic N) is 1. The molecule has 0 saturated heterocycles. The van der Waals surface area contributed by atoms with E-state index >= 15 is 0 Å². The molecule has 2 N–H and O–H groups in total. The summed E-state index contributed by atoms with van der Waals surface area (Å²) in [7, 11) is 0. The smallest absolute Gasteiger partial charge is 0.311 e. The molecule has 118 valence electrons. The number of rotatable bonds is 10. The van der Waals surface area contributed by atoms with Gasteiger partial charge in [0.05, 0.1) is 11.5 Å². The van der Waals surface area contributed by atoms with Gasteiger partial charge in [0.1, 0.15) is 12.7 Å². The highest BCUT2D eigenvalue weighted by Gasteiger charge is 2.17. The molecule has 21 heavy (non-hydrogen) atoms. The molecule has 0 heterocycles. The van der Waals surface area contributed by atoms with E-state index in [9.17, 15) is 15.2 Å². The lowest BCUT2D eigenvalue weighted by molar-refractivity contribution is -0.386. The van der Waals surface area contributed by atoms with Crippen molar-refractivity contribution in [2.75, 3.05) is 26.4 Å². The third kappa shape index (κ3) is 6.07. The van der Waals surface area contributed by atoms with Gasteiger partial charge < -0.3 is 19.9 Å².